The van der Waals surface area contributed by atoms with Gasteiger partial charge < -0.3 is 9.47 Å². The summed E-state index contributed by atoms with van der Waals surface area (Å²) >= 11 is 0. The van der Waals surface area contributed by atoms with Crippen molar-refractivity contribution in [2.24, 2.45) is 0 Å². The largest absolute Gasteiger partial charge is 0.490 e. The summed E-state index contributed by atoms with van der Waals surface area (Å²) in [6.45, 7) is 0.874. The Morgan fingerprint density at radius 2 is 1.45 bits per heavy atom. The van der Waals surface area contributed by atoms with Crippen LogP contribution in [0.25, 0.3) is 10.8 Å². The van der Waals surface area contributed by atoms with E-state index in [1.165, 1.54) is 5.39 Å². The average Bonchev–Trinajstić information content (AvgIpc) is 2.59. The lowest BCUT2D eigenvalue weighted by molar-refractivity contribution is 0.112. The van der Waals surface area contributed by atoms with Gasteiger partial charge in [-0.15, -0.1) is 0 Å². The minimum Gasteiger partial charge on any atom is -0.490 e. The van der Waals surface area contributed by atoms with Crippen molar-refractivity contribution in [1.29, 1.82) is 0 Å². The maximum Gasteiger partial charge on any atom is 0.150 e. The first kappa shape index (κ1) is 14.1. The Hall–Kier alpha value is -2.81. The standard InChI is InChI=1S/C19H16O3/c20-14-15-4-3-7-18(12-15)21-10-11-22-19-9-8-16-5-1-2-6-17(16)13-19/h1-9,12-14H,10-11H2. The van der Waals surface area contributed by atoms with Gasteiger partial charge in [-0.25, -0.2) is 0 Å². The fourth-order valence-electron chi connectivity index (χ4n) is 2.25. The number of aldehydes is 1. The molecular weight excluding hydrogens is 276 g/mol. The van der Waals surface area contributed by atoms with Gasteiger partial charge in [-0.3, -0.25) is 4.79 Å². The lowest BCUT2D eigenvalue weighted by atomic mass is 10.1. The summed E-state index contributed by atoms with van der Waals surface area (Å²) in [5, 5.41) is 2.34. The molecular formula is C19H16O3. The molecule has 0 N–H and O–H groups in total. The number of hydrogen-bond donors (Lipinski definition) is 0. The van der Waals surface area contributed by atoms with Crippen LogP contribution in [0.3, 0.4) is 0 Å². The predicted molar refractivity (Wildman–Crippen MR) is 86.8 cm³/mol. The van der Waals surface area contributed by atoms with E-state index in [2.05, 4.69) is 12.1 Å². The maximum atomic E-state index is 10.7. The Balaban J connectivity index is 1.54. The second-order valence-electron chi connectivity index (χ2n) is 4.90. The van der Waals surface area contributed by atoms with E-state index in [1.54, 1.807) is 18.2 Å². The van der Waals surface area contributed by atoms with Gasteiger partial charge in [0, 0.05) is 5.56 Å². The van der Waals surface area contributed by atoms with Crippen molar-refractivity contribution in [2.75, 3.05) is 13.2 Å². The number of fused-ring (bicyclic) bond motifs is 1. The molecule has 0 aliphatic carbocycles. The first-order valence-corrected chi connectivity index (χ1v) is 7.15. The van der Waals surface area contributed by atoms with Crippen molar-refractivity contribution in [3.05, 3.63) is 72.3 Å². The summed E-state index contributed by atoms with van der Waals surface area (Å²) in [5.74, 6) is 1.50. The van der Waals surface area contributed by atoms with Gasteiger partial charge in [0.15, 0.2) is 0 Å². The maximum absolute atomic E-state index is 10.7. The smallest absolute Gasteiger partial charge is 0.150 e. The second kappa shape index (κ2) is 6.76. The minimum absolute atomic E-state index is 0.426. The van der Waals surface area contributed by atoms with Crippen molar-refractivity contribution < 1.29 is 14.3 Å². The highest BCUT2D eigenvalue weighted by molar-refractivity contribution is 5.83. The molecule has 0 aliphatic rings. The molecule has 0 aliphatic heterocycles. The lowest BCUT2D eigenvalue weighted by Gasteiger charge is -2.09. The van der Waals surface area contributed by atoms with Gasteiger partial charge in [-0.2, -0.15) is 0 Å². The van der Waals surface area contributed by atoms with Gasteiger partial charge in [-0.1, -0.05) is 42.5 Å². The van der Waals surface area contributed by atoms with Crippen LogP contribution >= 0.6 is 0 Å². The highest BCUT2D eigenvalue weighted by Crippen LogP contribution is 2.20. The van der Waals surface area contributed by atoms with E-state index in [4.69, 9.17) is 9.47 Å². The number of benzene rings is 3. The Labute approximate surface area is 129 Å². The number of carbonyl (C=O) groups excluding carboxylic acids is 1. The van der Waals surface area contributed by atoms with E-state index in [-0.39, 0.29) is 0 Å². The Kier molecular flexibility index (Phi) is 4.35. The van der Waals surface area contributed by atoms with Gasteiger partial charge in [0.25, 0.3) is 0 Å². The molecule has 110 valence electrons. The summed E-state index contributed by atoms with van der Waals surface area (Å²) in [4.78, 5) is 10.7. The van der Waals surface area contributed by atoms with Gasteiger partial charge in [-0.05, 0) is 35.0 Å². The molecule has 3 aromatic carbocycles. The molecule has 0 unspecified atom stereocenters. The molecule has 0 amide bonds. The van der Waals surface area contributed by atoms with Crippen LogP contribution in [0, 0.1) is 0 Å². The molecule has 0 saturated heterocycles. The molecule has 0 aromatic heterocycles. The molecule has 3 heteroatoms. The molecule has 22 heavy (non-hydrogen) atoms. The number of ether oxygens (including phenoxy) is 2. The van der Waals surface area contributed by atoms with E-state index < -0.39 is 0 Å². The zero-order valence-corrected chi connectivity index (χ0v) is 12.1. The minimum atomic E-state index is 0.426. The summed E-state index contributed by atoms with van der Waals surface area (Å²) < 4.78 is 11.3. The van der Waals surface area contributed by atoms with Crippen molar-refractivity contribution >= 4 is 17.1 Å². The zero-order chi connectivity index (χ0) is 15.2. The summed E-state index contributed by atoms with van der Waals surface area (Å²) in [5.41, 5.74) is 0.605. The molecule has 0 spiro atoms. The van der Waals surface area contributed by atoms with Crippen molar-refractivity contribution in [2.45, 2.75) is 0 Å². The van der Waals surface area contributed by atoms with E-state index >= 15 is 0 Å². The van der Waals surface area contributed by atoms with Crippen molar-refractivity contribution in [3.63, 3.8) is 0 Å². The quantitative estimate of drug-likeness (QED) is 0.506. The van der Waals surface area contributed by atoms with Gasteiger partial charge in [0.1, 0.15) is 31.0 Å². The van der Waals surface area contributed by atoms with Crippen LogP contribution in [-0.2, 0) is 0 Å². The fourth-order valence-corrected chi connectivity index (χ4v) is 2.25. The number of rotatable bonds is 6. The molecule has 0 heterocycles. The van der Waals surface area contributed by atoms with Crippen LogP contribution in [0.15, 0.2) is 66.7 Å². The average molecular weight is 292 g/mol. The third-order valence-corrected chi connectivity index (χ3v) is 3.34. The van der Waals surface area contributed by atoms with Crippen LogP contribution in [0.1, 0.15) is 10.4 Å². The zero-order valence-electron chi connectivity index (χ0n) is 12.1. The Morgan fingerprint density at radius 1 is 0.727 bits per heavy atom. The predicted octanol–water partition coefficient (Wildman–Crippen LogP) is 4.11. The second-order valence-corrected chi connectivity index (χ2v) is 4.90. The van der Waals surface area contributed by atoms with Crippen LogP contribution in [0.5, 0.6) is 11.5 Å². The van der Waals surface area contributed by atoms with E-state index in [1.807, 2.05) is 36.4 Å². The molecule has 3 aromatic rings. The molecule has 3 rings (SSSR count). The monoisotopic (exact) mass is 292 g/mol. The van der Waals surface area contributed by atoms with E-state index in [0.29, 0.717) is 24.5 Å². The Morgan fingerprint density at radius 3 is 2.23 bits per heavy atom. The van der Waals surface area contributed by atoms with E-state index in [0.717, 1.165) is 17.4 Å². The lowest BCUT2D eigenvalue weighted by Crippen LogP contribution is -2.09. The molecule has 0 saturated carbocycles. The normalized spacial score (nSPS) is 10.4. The molecule has 0 fully saturated rings. The first-order valence-electron chi connectivity index (χ1n) is 7.15. The summed E-state index contributed by atoms with van der Waals surface area (Å²) in [6.07, 6.45) is 0.804. The highest BCUT2D eigenvalue weighted by atomic mass is 16.5. The first-order chi connectivity index (χ1) is 10.8. The molecule has 3 nitrogen and oxygen atoms in total. The van der Waals surface area contributed by atoms with Crippen LogP contribution in [0.4, 0.5) is 0 Å². The van der Waals surface area contributed by atoms with Gasteiger partial charge >= 0.3 is 0 Å². The van der Waals surface area contributed by atoms with Gasteiger partial charge in [0.2, 0.25) is 0 Å². The van der Waals surface area contributed by atoms with Crippen molar-refractivity contribution in [3.8, 4) is 11.5 Å². The highest BCUT2D eigenvalue weighted by Gasteiger charge is 1.99. The fraction of sp³-hybridized carbons (Fsp3) is 0.105. The third kappa shape index (κ3) is 3.44. The Bertz CT molecular complexity index is 780. The van der Waals surface area contributed by atoms with Crippen LogP contribution in [0.2, 0.25) is 0 Å². The van der Waals surface area contributed by atoms with Crippen molar-refractivity contribution in [1.82, 2.24) is 0 Å². The number of hydrogen-bond acceptors (Lipinski definition) is 3. The summed E-state index contributed by atoms with van der Waals surface area (Å²) in [7, 11) is 0. The molecule has 0 bridgehead atoms. The summed E-state index contributed by atoms with van der Waals surface area (Å²) in [6, 6.07) is 21.2. The van der Waals surface area contributed by atoms with Crippen LogP contribution in [-0.4, -0.2) is 19.5 Å². The SMILES string of the molecule is O=Cc1cccc(OCCOc2ccc3ccccc3c2)c1. The molecule has 0 atom stereocenters. The third-order valence-electron chi connectivity index (χ3n) is 3.34. The van der Waals surface area contributed by atoms with E-state index in [9.17, 15) is 4.79 Å². The van der Waals surface area contributed by atoms with Crippen LogP contribution < -0.4 is 9.47 Å². The number of carbonyl (C=O) groups is 1. The molecule has 0 radical (unpaired) electrons. The van der Waals surface area contributed by atoms with Gasteiger partial charge in [0.05, 0.1) is 0 Å². The topological polar surface area (TPSA) is 35.5 Å².